The third-order valence-electron chi connectivity index (χ3n) is 3.12. The van der Waals surface area contributed by atoms with Gasteiger partial charge >= 0.3 is 0 Å². The molecular weight excluding hydrogens is 250 g/mol. The molecule has 1 unspecified atom stereocenters. The molecule has 1 aromatic heterocycles. The van der Waals surface area contributed by atoms with Crippen LogP contribution in [-0.4, -0.2) is 31.2 Å². The first kappa shape index (κ1) is 13.3. The van der Waals surface area contributed by atoms with Crippen molar-refractivity contribution >= 4 is 15.7 Å². The molecule has 18 heavy (non-hydrogen) atoms. The average Bonchev–Trinajstić information content (AvgIpc) is 3.10. The van der Waals surface area contributed by atoms with E-state index < -0.39 is 15.1 Å². The predicted octanol–water partition coefficient (Wildman–Crippen LogP) is 1.89. The maximum atomic E-state index is 11.6. The Kier molecular flexibility index (Phi) is 3.56. The highest BCUT2D eigenvalue weighted by atomic mass is 32.2. The van der Waals surface area contributed by atoms with Crippen molar-refractivity contribution in [2.45, 2.75) is 37.9 Å². The van der Waals surface area contributed by atoms with Gasteiger partial charge < -0.3 is 5.32 Å². The van der Waals surface area contributed by atoms with E-state index in [-0.39, 0.29) is 0 Å². The second-order valence-electron chi connectivity index (χ2n) is 4.81. The molecule has 0 bridgehead atoms. The highest BCUT2D eigenvalue weighted by Gasteiger charge is 2.28. The Bertz CT molecular complexity index is 538. The second-order valence-corrected chi connectivity index (χ2v) is 7.18. The third-order valence-corrected chi connectivity index (χ3v) is 4.62. The molecule has 1 aliphatic rings. The van der Waals surface area contributed by atoms with E-state index in [0.717, 1.165) is 30.9 Å². The number of sulfone groups is 1. The number of nitrogens with one attached hydrogen (secondary N) is 1. The van der Waals surface area contributed by atoms with Crippen LogP contribution in [0.15, 0.2) is 6.07 Å². The first-order chi connectivity index (χ1) is 8.41. The fourth-order valence-corrected chi connectivity index (χ4v) is 2.21. The average molecular weight is 269 g/mol. The Balaban J connectivity index is 2.39. The molecule has 2 rings (SSSR count). The Morgan fingerprint density at radius 3 is 2.61 bits per heavy atom. The number of aromatic nitrogens is 2. The van der Waals surface area contributed by atoms with E-state index in [2.05, 4.69) is 15.3 Å². The standard InChI is InChI=1S/C12H19N3O2S/c1-4-13-11-7-10(9-5-6-9)14-12(15-11)8(2)18(3,16)17/h7-9H,4-6H2,1-3H3,(H,13,14,15). The van der Waals surface area contributed by atoms with Crippen molar-refractivity contribution in [1.82, 2.24) is 9.97 Å². The molecular formula is C12H19N3O2S. The molecule has 0 aromatic carbocycles. The van der Waals surface area contributed by atoms with Gasteiger partial charge in [-0.1, -0.05) is 0 Å². The Morgan fingerprint density at radius 1 is 1.44 bits per heavy atom. The fourth-order valence-electron chi connectivity index (χ4n) is 1.72. The molecule has 0 amide bonds. The quantitative estimate of drug-likeness (QED) is 0.883. The van der Waals surface area contributed by atoms with Crippen molar-refractivity contribution < 1.29 is 8.42 Å². The van der Waals surface area contributed by atoms with E-state index in [4.69, 9.17) is 0 Å². The summed E-state index contributed by atoms with van der Waals surface area (Å²) in [6.07, 6.45) is 3.49. The summed E-state index contributed by atoms with van der Waals surface area (Å²) in [6, 6.07) is 1.93. The lowest BCUT2D eigenvalue weighted by atomic mass is 10.2. The summed E-state index contributed by atoms with van der Waals surface area (Å²) in [7, 11) is -3.16. The molecule has 0 aliphatic heterocycles. The minimum Gasteiger partial charge on any atom is -0.370 e. The van der Waals surface area contributed by atoms with Gasteiger partial charge in [0.25, 0.3) is 0 Å². The SMILES string of the molecule is CCNc1cc(C2CC2)nc(C(C)S(C)(=O)=O)n1. The Hall–Kier alpha value is -1.17. The molecule has 0 radical (unpaired) electrons. The lowest BCUT2D eigenvalue weighted by Crippen LogP contribution is -2.14. The van der Waals surface area contributed by atoms with E-state index in [1.807, 2.05) is 13.0 Å². The van der Waals surface area contributed by atoms with Gasteiger partial charge in [-0.2, -0.15) is 0 Å². The van der Waals surface area contributed by atoms with Crippen molar-refractivity contribution in [2.24, 2.45) is 0 Å². The molecule has 100 valence electrons. The molecule has 1 saturated carbocycles. The molecule has 1 N–H and O–H groups in total. The maximum Gasteiger partial charge on any atom is 0.157 e. The van der Waals surface area contributed by atoms with Crippen LogP contribution in [0.5, 0.6) is 0 Å². The number of rotatable bonds is 5. The van der Waals surface area contributed by atoms with Gasteiger partial charge in [0.1, 0.15) is 16.9 Å². The highest BCUT2D eigenvalue weighted by molar-refractivity contribution is 7.90. The van der Waals surface area contributed by atoms with Crippen LogP contribution in [0.2, 0.25) is 0 Å². The number of anilines is 1. The van der Waals surface area contributed by atoms with Crippen LogP contribution < -0.4 is 5.32 Å². The van der Waals surface area contributed by atoms with Crippen LogP contribution in [0.1, 0.15) is 49.4 Å². The summed E-state index contributed by atoms with van der Waals surface area (Å²) in [5.74, 6) is 1.61. The number of hydrogen-bond acceptors (Lipinski definition) is 5. The van der Waals surface area contributed by atoms with Gasteiger partial charge in [-0.15, -0.1) is 0 Å². The minimum atomic E-state index is -3.16. The van der Waals surface area contributed by atoms with E-state index >= 15 is 0 Å². The van der Waals surface area contributed by atoms with Gasteiger partial charge in [0.2, 0.25) is 0 Å². The van der Waals surface area contributed by atoms with Crippen molar-refractivity contribution in [1.29, 1.82) is 0 Å². The van der Waals surface area contributed by atoms with E-state index in [9.17, 15) is 8.42 Å². The predicted molar refractivity (Wildman–Crippen MR) is 71.4 cm³/mol. The molecule has 1 aliphatic carbocycles. The summed E-state index contributed by atoms with van der Waals surface area (Å²) in [5.41, 5.74) is 0.964. The first-order valence-electron chi connectivity index (χ1n) is 6.23. The first-order valence-corrected chi connectivity index (χ1v) is 8.19. The zero-order valence-corrected chi connectivity index (χ0v) is 11.8. The number of hydrogen-bond donors (Lipinski definition) is 1. The second kappa shape index (κ2) is 4.84. The molecule has 1 aromatic rings. The zero-order chi connectivity index (χ0) is 13.3. The molecule has 0 spiro atoms. The Labute approximate surface area is 108 Å². The van der Waals surface area contributed by atoms with Crippen molar-refractivity contribution in [3.63, 3.8) is 0 Å². The molecule has 1 atom stereocenters. The summed E-state index contributed by atoms with van der Waals surface area (Å²) in [5, 5.41) is 2.47. The lowest BCUT2D eigenvalue weighted by Gasteiger charge is -2.12. The summed E-state index contributed by atoms with van der Waals surface area (Å²) in [6.45, 7) is 4.38. The van der Waals surface area contributed by atoms with Crippen LogP contribution in [0, 0.1) is 0 Å². The highest BCUT2D eigenvalue weighted by Crippen LogP contribution is 2.40. The molecule has 6 heteroatoms. The normalized spacial score (nSPS) is 17.5. The number of nitrogens with zero attached hydrogens (tertiary/aromatic N) is 2. The smallest absolute Gasteiger partial charge is 0.157 e. The van der Waals surface area contributed by atoms with Crippen LogP contribution in [-0.2, 0) is 9.84 Å². The van der Waals surface area contributed by atoms with E-state index in [0.29, 0.717) is 11.7 Å². The van der Waals surface area contributed by atoms with Crippen LogP contribution in [0.3, 0.4) is 0 Å². The summed E-state index contributed by atoms with van der Waals surface area (Å²) < 4.78 is 23.2. The van der Waals surface area contributed by atoms with Gasteiger partial charge in [-0.3, -0.25) is 0 Å². The monoisotopic (exact) mass is 269 g/mol. The van der Waals surface area contributed by atoms with E-state index in [1.165, 1.54) is 6.26 Å². The van der Waals surface area contributed by atoms with Crippen molar-refractivity contribution in [2.75, 3.05) is 18.1 Å². The molecule has 1 fully saturated rings. The van der Waals surface area contributed by atoms with Gasteiger partial charge in [-0.05, 0) is 26.7 Å². The minimum absolute atomic E-state index is 0.401. The zero-order valence-electron chi connectivity index (χ0n) is 11.0. The molecule has 5 nitrogen and oxygen atoms in total. The van der Waals surface area contributed by atoms with E-state index in [1.54, 1.807) is 6.92 Å². The third kappa shape index (κ3) is 2.98. The summed E-state index contributed by atoms with van der Waals surface area (Å²) in [4.78, 5) is 8.71. The lowest BCUT2D eigenvalue weighted by molar-refractivity contribution is 0.589. The van der Waals surface area contributed by atoms with Crippen molar-refractivity contribution in [3.8, 4) is 0 Å². The van der Waals surface area contributed by atoms with Crippen molar-refractivity contribution in [3.05, 3.63) is 17.6 Å². The summed E-state index contributed by atoms with van der Waals surface area (Å²) >= 11 is 0. The van der Waals surface area contributed by atoms with Crippen LogP contribution >= 0.6 is 0 Å². The maximum absolute atomic E-state index is 11.6. The van der Waals surface area contributed by atoms with Crippen LogP contribution in [0.25, 0.3) is 0 Å². The van der Waals surface area contributed by atoms with Gasteiger partial charge in [0, 0.05) is 30.5 Å². The topological polar surface area (TPSA) is 72.0 Å². The fraction of sp³-hybridized carbons (Fsp3) is 0.667. The molecule has 0 saturated heterocycles. The van der Waals surface area contributed by atoms with Gasteiger partial charge in [-0.25, -0.2) is 18.4 Å². The Morgan fingerprint density at radius 2 is 2.11 bits per heavy atom. The van der Waals surface area contributed by atoms with Crippen LogP contribution in [0.4, 0.5) is 5.82 Å². The molecule has 1 heterocycles. The van der Waals surface area contributed by atoms with Gasteiger partial charge in [0.15, 0.2) is 9.84 Å². The van der Waals surface area contributed by atoms with Gasteiger partial charge in [0.05, 0.1) is 0 Å². The largest absolute Gasteiger partial charge is 0.370 e.